The number of nitrogens with zero attached hydrogens (tertiary/aromatic N) is 2. The van der Waals surface area contributed by atoms with Crippen molar-refractivity contribution < 1.29 is 29.9 Å². The van der Waals surface area contributed by atoms with Crippen molar-refractivity contribution in [3.05, 3.63) is 35.9 Å². The third-order valence-electron chi connectivity index (χ3n) is 5.50. The van der Waals surface area contributed by atoms with Crippen LogP contribution < -0.4 is 4.74 Å². The van der Waals surface area contributed by atoms with E-state index < -0.39 is 24.4 Å². The highest BCUT2D eigenvalue weighted by Crippen LogP contribution is 2.19. The topological polar surface area (TPSA) is 106 Å². The molecule has 0 saturated carbocycles. The zero-order chi connectivity index (χ0) is 20.6. The Morgan fingerprint density at radius 3 is 2.69 bits per heavy atom. The van der Waals surface area contributed by atoms with Gasteiger partial charge in [0.2, 0.25) is 0 Å². The van der Waals surface area contributed by atoms with Crippen molar-refractivity contribution in [2.75, 3.05) is 59.2 Å². The summed E-state index contributed by atoms with van der Waals surface area (Å²) in [6.45, 7) is 5.28. The molecule has 0 aliphatic carbocycles. The van der Waals surface area contributed by atoms with Crippen LogP contribution in [0.4, 0.5) is 0 Å². The molecule has 4 atom stereocenters. The molecule has 0 bridgehead atoms. The molecule has 162 valence electrons. The van der Waals surface area contributed by atoms with E-state index in [4.69, 9.17) is 9.47 Å². The number of morpholine rings is 1. The lowest BCUT2D eigenvalue weighted by molar-refractivity contribution is -0.142. The third-order valence-corrected chi connectivity index (χ3v) is 5.50. The molecule has 8 nitrogen and oxygen atoms in total. The first-order chi connectivity index (χ1) is 14.1. The molecule has 4 N–H and O–H groups in total. The lowest BCUT2D eigenvalue weighted by Gasteiger charge is -2.42. The summed E-state index contributed by atoms with van der Waals surface area (Å²) in [5, 5.41) is 39.2. The van der Waals surface area contributed by atoms with Crippen molar-refractivity contribution in [3.8, 4) is 5.75 Å². The molecule has 0 spiro atoms. The Labute approximate surface area is 171 Å². The number of piperidine rings is 1. The summed E-state index contributed by atoms with van der Waals surface area (Å²) in [6.07, 6.45) is 0.392. The van der Waals surface area contributed by atoms with Gasteiger partial charge in [-0.25, -0.2) is 0 Å². The summed E-state index contributed by atoms with van der Waals surface area (Å²) in [5.74, 6) is 0.806. The molecule has 29 heavy (non-hydrogen) atoms. The number of aliphatic hydroxyl groups excluding tert-OH is 4. The van der Waals surface area contributed by atoms with Crippen LogP contribution >= 0.6 is 0 Å². The third kappa shape index (κ3) is 6.23. The van der Waals surface area contributed by atoms with E-state index in [1.165, 1.54) is 0 Å². The highest BCUT2D eigenvalue weighted by molar-refractivity contribution is 5.51. The number of aliphatic hydroxyl groups is 4. The van der Waals surface area contributed by atoms with Gasteiger partial charge in [-0.3, -0.25) is 9.80 Å². The van der Waals surface area contributed by atoms with Crippen molar-refractivity contribution in [2.24, 2.45) is 0 Å². The van der Waals surface area contributed by atoms with Gasteiger partial charge in [-0.1, -0.05) is 24.3 Å². The van der Waals surface area contributed by atoms with E-state index in [1.807, 2.05) is 36.4 Å². The van der Waals surface area contributed by atoms with Gasteiger partial charge in [0.05, 0.1) is 32.0 Å². The number of hydrogen-bond acceptors (Lipinski definition) is 8. The largest absolute Gasteiger partial charge is 0.492 e. The van der Waals surface area contributed by atoms with E-state index in [-0.39, 0.29) is 13.2 Å². The quantitative estimate of drug-likeness (QED) is 0.442. The molecular formula is C21H32N2O6. The predicted octanol–water partition coefficient (Wildman–Crippen LogP) is -0.830. The number of likely N-dealkylation sites (tertiary alicyclic amines) is 1. The summed E-state index contributed by atoms with van der Waals surface area (Å²) < 4.78 is 11.2. The minimum absolute atomic E-state index is 0.193. The van der Waals surface area contributed by atoms with Gasteiger partial charge < -0.3 is 29.9 Å². The molecule has 0 aromatic heterocycles. The highest BCUT2D eigenvalue weighted by Gasteiger charge is 2.40. The summed E-state index contributed by atoms with van der Waals surface area (Å²) in [7, 11) is 0. The minimum Gasteiger partial charge on any atom is -0.492 e. The van der Waals surface area contributed by atoms with Crippen LogP contribution in [0.1, 0.15) is 5.56 Å². The van der Waals surface area contributed by atoms with Crippen molar-refractivity contribution in [1.29, 1.82) is 0 Å². The molecule has 0 amide bonds. The average Bonchev–Trinajstić information content (AvgIpc) is 2.73. The molecular weight excluding hydrogens is 376 g/mol. The first-order valence-electron chi connectivity index (χ1n) is 10.2. The number of rotatable bonds is 8. The van der Waals surface area contributed by atoms with Gasteiger partial charge in [-0.05, 0) is 17.7 Å². The highest BCUT2D eigenvalue weighted by atomic mass is 16.5. The SMILES string of the molecule is OCC1C(O)C(O)C(O)CN1C/C=C/c1cccc(OCCN2CCOCC2)c1. The number of β-amino-alcohol motifs (C(OH)–C–C–N with tert-alkyl or cyclic N) is 1. The maximum Gasteiger partial charge on any atom is 0.119 e. The van der Waals surface area contributed by atoms with Gasteiger partial charge in [0.25, 0.3) is 0 Å². The summed E-state index contributed by atoms with van der Waals surface area (Å²) in [4.78, 5) is 4.09. The van der Waals surface area contributed by atoms with Crippen LogP contribution in [0.25, 0.3) is 6.08 Å². The van der Waals surface area contributed by atoms with E-state index in [1.54, 1.807) is 4.90 Å². The van der Waals surface area contributed by atoms with Crippen LogP contribution in [0.5, 0.6) is 5.75 Å². The van der Waals surface area contributed by atoms with Gasteiger partial charge in [0, 0.05) is 32.7 Å². The molecule has 2 aliphatic rings. The molecule has 2 fully saturated rings. The first kappa shape index (κ1) is 22.2. The molecule has 2 aliphatic heterocycles. The zero-order valence-corrected chi connectivity index (χ0v) is 16.6. The van der Waals surface area contributed by atoms with E-state index >= 15 is 0 Å². The van der Waals surface area contributed by atoms with Crippen LogP contribution in [0.15, 0.2) is 30.3 Å². The molecule has 3 rings (SSSR count). The number of benzene rings is 1. The minimum atomic E-state index is -1.24. The second kappa shape index (κ2) is 11.0. The van der Waals surface area contributed by atoms with E-state index in [2.05, 4.69) is 4.90 Å². The Morgan fingerprint density at radius 2 is 1.93 bits per heavy atom. The molecule has 4 unspecified atom stereocenters. The lowest BCUT2D eigenvalue weighted by atomic mass is 9.94. The Hall–Kier alpha value is -1.52. The fourth-order valence-corrected chi connectivity index (χ4v) is 3.74. The lowest BCUT2D eigenvalue weighted by Crippen LogP contribution is -2.62. The van der Waals surface area contributed by atoms with Gasteiger partial charge in [0.15, 0.2) is 0 Å². The predicted molar refractivity (Wildman–Crippen MR) is 109 cm³/mol. The fourth-order valence-electron chi connectivity index (χ4n) is 3.74. The molecule has 2 saturated heterocycles. The molecule has 8 heteroatoms. The zero-order valence-electron chi connectivity index (χ0n) is 16.6. The van der Waals surface area contributed by atoms with Crippen molar-refractivity contribution >= 4 is 6.08 Å². The first-order valence-corrected chi connectivity index (χ1v) is 10.2. The number of hydrogen-bond donors (Lipinski definition) is 4. The van der Waals surface area contributed by atoms with Crippen LogP contribution in [-0.4, -0.2) is 114 Å². The van der Waals surface area contributed by atoms with Crippen LogP contribution in [0.3, 0.4) is 0 Å². The van der Waals surface area contributed by atoms with Crippen molar-refractivity contribution in [2.45, 2.75) is 24.4 Å². The summed E-state index contributed by atoms with van der Waals surface area (Å²) in [6, 6.07) is 7.19. The summed E-state index contributed by atoms with van der Waals surface area (Å²) >= 11 is 0. The standard InChI is InChI=1S/C21H32N2O6/c24-15-18-20(26)21(27)19(25)14-23(18)6-2-4-16-3-1-5-17(13-16)29-12-9-22-7-10-28-11-8-22/h1-5,13,18-21,24-27H,6-12,14-15H2/b4-2+. The smallest absolute Gasteiger partial charge is 0.119 e. The number of ether oxygens (including phenoxy) is 2. The van der Waals surface area contributed by atoms with E-state index in [0.29, 0.717) is 13.2 Å². The van der Waals surface area contributed by atoms with Gasteiger partial charge in [-0.2, -0.15) is 0 Å². The Balaban J connectivity index is 1.49. The van der Waals surface area contributed by atoms with E-state index in [9.17, 15) is 20.4 Å². The second-order valence-electron chi connectivity index (χ2n) is 7.53. The van der Waals surface area contributed by atoms with Gasteiger partial charge in [-0.15, -0.1) is 0 Å². The summed E-state index contributed by atoms with van der Waals surface area (Å²) in [5.41, 5.74) is 0.979. The van der Waals surface area contributed by atoms with Crippen molar-refractivity contribution in [3.63, 3.8) is 0 Å². The second-order valence-corrected chi connectivity index (χ2v) is 7.53. The fraction of sp³-hybridized carbons (Fsp3) is 0.619. The molecule has 0 radical (unpaired) electrons. The molecule has 2 heterocycles. The monoisotopic (exact) mass is 408 g/mol. The maximum atomic E-state index is 10.0. The van der Waals surface area contributed by atoms with Gasteiger partial charge >= 0.3 is 0 Å². The molecule has 1 aromatic carbocycles. The Morgan fingerprint density at radius 1 is 1.14 bits per heavy atom. The average molecular weight is 408 g/mol. The normalized spacial score (nSPS) is 29.4. The Bertz CT molecular complexity index is 652. The van der Waals surface area contributed by atoms with Gasteiger partial charge in [0.1, 0.15) is 24.6 Å². The van der Waals surface area contributed by atoms with Crippen LogP contribution in [-0.2, 0) is 4.74 Å². The maximum absolute atomic E-state index is 10.0. The van der Waals surface area contributed by atoms with E-state index in [0.717, 1.165) is 44.2 Å². The van der Waals surface area contributed by atoms with Crippen LogP contribution in [0.2, 0.25) is 0 Å². The molecule has 1 aromatic rings. The van der Waals surface area contributed by atoms with Crippen LogP contribution in [0, 0.1) is 0 Å². The van der Waals surface area contributed by atoms with Crippen molar-refractivity contribution in [1.82, 2.24) is 9.80 Å². The Kier molecular flexibility index (Phi) is 8.43.